The Bertz CT molecular complexity index is 1250. The number of carbonyl (C=O) groups is 1. The van der Waals surface area contributed by atoms with E-state index in [0.717, 1.165) is 24.1 Å². The van der Waals surface area contributed by atoms with Gasteiger partial charge in [0, 0.05) is 31.0 Å². The molecule has 4 rings (SSSR count). The van der Waals surface area contributed by atoms with Gasteiger partial charge in [-0.1, -0.05) is 43.8 Å². The van der Waals surface area contributed by atoms with E-state index in [-0.39, 0.29) is 29.2 Å². The number of para-hydroxylation sites is 1. The molecule has 1 aliphatic rings. The summed E-state index contributed by atoms with van der Waals surface area (Å²) in [6.07, 6.45) is 5.65. The van der Waals surface area contributed by atoms with Crippen molar-refractivity contribution in [3.05, 3.63) is 53.9 Å². The number of rotatable bonds is 8. The lowest BCUT2D eigenvalue weighted by Crippen LogP contribution is -2.38. The van der Waals surface area contributed by atoms with Gasteiger partial charge in [-0.05, 0) is 42.5 Å². The first-order valence-electron chi connectivity index (χ1n) is 11.4. The average Bonchev–Trinajstić information content (AvgIpc) is 3.44. The van der Waals surface area contributed by atoms with Crippen LogP contribution in [-0.2, 0) is 27.5 Å². The van der Waals surface area contributed by atoms with Crippen molar-refractivity contribution >= 4 is 27.5 Å². The third kappa shape index (κ3) is 5.02. The van der Waals surface area contributed by atoms with Gasteiger partial charge in [-0.2, -0.15) is 0 Å². The van der Waals surface area contributed by atoms with Crippen LogP contribution in [0.5, 0.6) is 0 Å². The van der Waals surface area contributed by atoms with Crippen LogP contribution in [0.15, 0.2) is 47.9 Å². The molecule has 8 nitrogen and oxygen atoms in total. The highest BCUT2D eigenvalue weighted by molar-refractivity contribution is 7.99. The largest absolute Gasteiger partial charge is 0.341 e. The summed E-state index contributed by atoms with van der Waals surface area (Å²) >= 11 is 1.32. The monoisotopic (exact) mass is 499 g/mol. The van der Waals surface area contributed by atoms with Crippen LogP contribution in [0.2, 0.25) is 0 Å². The molecule has 0 N–H and O–H groups in total. The van der Waals surface area contributed by atoms with Gasteiger partial charge in [-0.15, -0.1) is 10.2 Å². The molecular weight excluding hydrogens is 470 g/mol. The molecule has 0 unspecified atom stereocenters. The van der Waals surface area contributed by atoms with Crippen LogP contribution in [0.4, 0.5) is 0 Å². The van der Waals surface area contributed by atoms with Crippen molar-refractivity contribution in [3.8, 4) is 17.1 Å². The van der Waals surface area contributed by atoms with Crippen molar-refractivity contribution in [1.82, 2.24) is 24.6 Å². The highest BCUT2D eigenvalue weighted by atomic mass is 32.2. The summed E-state index contributed by atoms with van der Waals surface area (Å²) in [7, 11) is -1.38. The maximum atomic E-state index is 12.9. The molecule has 0 saturated carbocycles. The second-order valence-electron chi connectivity index (χ2n) is 8.37. The predicted octanol–water partition coefficient (Wildman–Crippen LogP) is 3.19. The quantitative estimate of drug-likeness (QED) is 0.439. The highest BCUT2D eigenvalue weighted by Gasteiger charge is 2.33. The van der Waals surface area contributed by atoms with Gasteiger partial charge < -0.3 is 4.90 Å². The lowest BCUT2D eigenvalue weighted by Gasteiger charge is -2.23. The zero-order chi connectivity index (χ0) is 24.3. The Morgan fingerprint density at radius 3 is 2.47 bits per heavy atom. The Balaban J connectivity index is 1.68. The van der Waals surface area contributed by atoms with Crippen molar-refractivity contribution in [1.29, 1.82) is 0 Å². The minimum absolute atomic E-state index is 0.0327. The minimum atomic E-state index is -3.06. The van der Waals surface area contributed by atoms with Crippen LogP contribution >= 0.6 is 11.8 Å². The summed E-state index contributed by atoms with van der Waals surface area (Å²) in [4.78, 5) is 18.7. The summed E-state index contributed by atoms with van der Waals surface area (Å²) < 4.78 is 25.7. The van der Waals surface area contributed by atoms with Gasteiger partial charge in [0.2, 0.25) is 5.91 Å². The van der Waals surface area contributed by atoms with Crippen molar-refractivity contribution in [2.45, 2.75) is 44.3 Å². The van der Waals surface area contributed by atoms with Crippen LogP contribution in [0, 0.1) is 0 Å². The molecular formula is C24H29N5O3S2. The number of amides is 1. The fourth-order valence-electron chi connectivity index (χ4n) is 4.26. The normalized spacial score (nSPS) is 17.1. The first-order chi connectivity index (χ1) is 16.3. The van der Waals surface area contributed by atoms with E-state index in [4.69, 9.17) is 0 Å². The molecule has 1 fully saturated rings. The van der Waals surface area contributed by atoms with E-state index in [9.17, 15) is 13.2 Å². The molecule has 180 valence electrons. The van der Waals surface area contributed by atoms with Gasteiger partial charge in [0.25, 0.3) is 0 Å². The van der Waals surface area contributed by atoms with Crippen LogP contribution in [-0.4, -0.2) is 69.3 Å². The Morgan fingerprint density at radius 2 is 1.88 bits per heavy atom. The third-order valence-corrected chi connectivity index (χ3v) is 8.88. The number of hydrogen-bond donors (Lipinski definition) is 0. The van der Waals surface area contributed by atoms with E-state index in [2.05, 4.69) is 47.2 Å². The molecule has 1 aromatic carbocycles. The fraction of sp³-hybridized carbons (Fsp3) is 0.417. The first kappa shape index (κ1) is 24.4. The van der Waals surface area contributed by atoms with Crippen molar-refractivity contribution < 1.29 is 13.2 Å². The molecule has 0 radical (unpaired) electrons. The molecule has 1 aliphatic heterocycles. The molecule has 3 aromatic rings. The number of pyridine rings is 1. The molecule has 1 amide bonds. The van der Waals surface area contributed by atoms with Gasteiger partial charge >= 0.3 is 0 Å². The van der Waals surface area contributed by atoms with Crippen molar-refractivity contribution in [2.75, 3.05) is 24.3 Å². The van der Waals surface area contributed by atoms with Gasteiger partial charge in [0.1, 0.15) is 0 Å². The Kier molecular flexibility index (Phi) is 7.37. The molecule has 0 spiro atoms. The Morgan fingerprint density at radius 1 is 1.15 bits per heavy atom. The summed E-state index contributed by atoms with van der Waals surface area (Å²) in [5.74, 6) is 0.871. The van der Waals surface area contributed by atoms with E-state index in [1.165, 1.54) is 22.9 Å². The molecule has 10 heteroatoms. The standard InChI is InChI=1S/C24H29N5O3S2/c1-4-17-8-6-9-18(5-2)22(17)29-23(19-10-7-12-25-14-19)26-27-24(29)33-15-21(30)28(3)20-11-13-34(31,32)16-20/h6-10,12,14,20H,4-5,11,13,15-16H2,1-3H3/t20-/m0/s1. The number of benzene rings is 1. The summed E-state index contributed by atoms with van der Waals surface area (Å²) in [6, 6.07) is 9.82. The second-order valence-corrected chi connectivity index (χ2v) is 11.5. The number of carbonyl (C=O) groups excluding carboxylic acids is 1. The number of nitrogens with zero attached hydrogens (tertiary/aromatic N) is 5. The van der Waals surface area contributed by atoms with Crippen LogP contribution in [0.3, 0.4) is 0 Å². The second kappa shape index (κ2) is 10.3. The lowest BCUT2D eigenvalue weighted by molar-refractivity contribution is -0.128. The van der Waals surface area contributed by atoms with E-state index in [0.29, 0.717) is 17.4 Å². The minimum Gasteiger partial charge on any atom is -0.341 e. The van der Waals surface area contributed by atoms with Crippen LogP contribution in [0.1, 0.15) is 31.4 Å². The number of hydrogen-bond acceptors (Lipinski definition) is 7. The Hall–Kier alpha value is -2.72. The third-order valence-electron chi connectivity index (χ3n) is 6.22. The van der Waals surface area contributed by atoms with Gasteiger partial charge in [0.15, 0.2) is 20.8 Å². The smallest absolute Gasteiger partial charge is 0.233 e. The molecule has 0 bridgehead atoms. The zero-order valence-corrected chi connectivity index (χ0v) is 21.3. The topological polar surface area (TPSA) is 98.1 Å². The van der Waals surface area contributed by atoms with Gasteiger partial charge in [-0.25, -0.2) is 8.42 Å². The first-order valence-corrected chi connectivity index (χ1v) is 14.2. The summed E-state index contributed by atoms with van der Waals surface area (Å²) in [5, 5.41) is 9.55. The zero-order valence-electron chi connectivity index (χ0n) is 19.6. The number of thioether (sulfide) groups is 1. The van der Waals surface area contributed by atoms with E-state index < -0.39 is 9.84 Å². The predicted molar refractivity (Wildman–Crippen MR) is 134 cm³/mol. The molecule has 34 heavy (non-hydrogen) atoms. The van der Waals surface area contributed by atoms with Gasteiger partial charge in [0.05, 0.1) is 22.9 Å². The van der Waals surface area contributed by atoms with E-state index in [1.807, 2.05) is 16.7 Å². The summed E-state index contributed by atoms with van der Waals surface area (Å²) in [6.45, 7) is 4.24. The molecule has 1 atom stereocenters. The van der Waals surface area contributed by atoms with Crippen LogP contribution < -0.4 is 0 Å². The maximum absolute atomic E-state index is 12.9. The summed E-state index contributed by atoms with van der Waals surface area (Å²) in [5.41, 5.74) is 4.23. The molecule has 2 aromatic heterocycles. The number of aromatic nitrogens is 4. The molecule has 3 heterocycles. The average molecular weight is 500 g/mol. The Labute approximate surface area is 204 Å². The lowest BCUT2D eigenvalue weighted by atomic mass is 10.0. The number of aryl methyl sites for hydroxylation is 2. The van der Waals surface area contributed by atoms with E-state index in [1.54, 1.807) is 24.3 Å². The van der Waals surface area contributed by atoms with Gasteiger partial charge in [-0.3, -0.25) is 14.3 Å². The fourth-order valence-corrected chi connectivity index (χ4v) is 6.90. The SMILES string of the molecule is CCc1cccc(CC)c1-n1c(SCC(=O)N(C)[C@H]2CCS(=O)(=O)C2)nnc1-c1cccnc1. The van der Waals surface area contributed by atoms with Crippen molar-refractivity contribution in [2.24, 2.45) is 0 Å². The maximum Gasteiger partial charge on any atom is 0.233 e. The van der Waals surface area contributed by atoms with E-state index >= 15 is 0 Å². The molecule has 1 saturated heterocycles. The van der Waals surface area contributed by atoms with Crippen LogP contribution in [0.25, 0.3) is 17.1 Å². The molecule has 0 aliphatic carbocycles. The van der Waals surface area contributed by atoms with Crippen molar-refractivity contribution in [3.63, 3.8) is 0 Å². The number of sulfone groups is 1. The highest BCUT2D eigenvalue weighted by Crippen LogP contribution is 2.32.